The van der Waals surface area contributed by atoms with E-state index in [9.17, 15) is 0 Å². The lowest BCUT2D eigenvalue weighted by Crippen LogP contribution is -1.85. The van der Waals surface area contributed by atoms with Crippen LogP contribution in [0.4, 0.5) is 5.69 Å². The minimum atomic E-state index is 0.766. The van der Waals surface area contributed by atoms with Crippen LogP contribution < -0.4 is 5.73 Å². The first kappa shape index (κ1) is 10.1. The van der Waals surface area contributed by atoms with Gasteiger partial charge < -0.3 is 5.73 Å². The second kappa shape index (κ2) is 3.95. The normalized spacial score (nSPS) is 10.3. The molecule has 0 spiro atoms. The van der Waals surface area contributed by atoms with Gasteiger partial charge in [-0.05, 0) is 30.2 Å². The van der Waals surface area contributed by atoms with Crippen LogP contribution in [0.5, 0.6) is 0 Å². The molecule has 0 saturated heterocycles. The van der Waals surface area contributed by atoms with Crippen LogP contribution in [0, 0.1) is 6.92 Å². The van der Waals surface area contributed by atoms with Crippen molar-refractivity contribution < 1.29 is 0 Å². The Morgan fingerprint density at radius 3 is 2.33 bits per heavy atom. The third-order valence-corrected chi connectivity index (χ3v) is 2.92. The first-order valence-electron chi connectivity index (χ1n) is 4.79. The molecule has 1 nitrogen and oxygen atoms in total. The van der Waals surface area contributed by atoms with Gasteiger partial charge in [-0.3, -0.25) is 0 Å². The summed E-state index contributed by atoms with van der Waals surface area (Å²) in [6.45, 7) is 2.00. The van der Waals surface area contributed by atoms with Crippen molar-refractivity contribution >= 4 is 17.3 Å². The molecular formula is C13H12ClN. The van der Waals surface area contributed by atoms with Crippen LogP contribution in [0.1, 0.15) is 5.56 Å². The van der Waals surface area contributed by atoms with E-state index in [1.807, 2.05) is 49.4 Å². The molecule has 76 valence electrons. The molecule has 2 N–H and O–H groups in total. The zero-order valence-electron chi connectivity index (χ0n) is 8.50. The van der Waals surface area contributed by atoms with Gasteiger partial charge in [0.2, 0.25) is 0 Å². The second-order valence-electron chi connectivity index (χ2n) is 3.56. The standard InChI is InChI=1S/C13H12ClN/c1-9-3-2-4-12(13(9)14)10-5-7-11(15)8-6-10/h2-8H,15H2,1H3. The molecule has 2 rings (SSSR count). The maximum Gasteiger partial charge on any atom is 0.0513 e. The molecule has 0 aliphatic rings. The Morgan fingerprint density at radius 1 is 1.00 bits per heavy atom. The van der Waals surface area contributed by atoms with Gasteiger partial charge in [0, 0.05) is 11.3 Å². The monoisotopic (exact) mass is 217 g/mol. The summed E-state index contributed by atoms with van der Waals surface area (Å²) >= 11 is 6.24. The molecule has 2 heteroatoms. The van der Waals surface area contributed by atoms with Gasteiger partial charge in [-0.25, -0.2) is 0 Å². The highest BCUT2D eigenvalue weighted by Crippen LogP contribution is 2.30. The second-order valence-corrected chi connectivity index (χ2v) is 3.94. The van der Waals surface area contributed by atoms with E-state index in [2.05, 4.69) is 0 Å². The summed E-state index contributed by atoms with van der Waals surface area (Å²) in [6, 6.07) is 13.8. The SMILES string of the molecule is Cc1cccc(-c2ccc(N)cc2)c1Cl. The van der Waals surface area contributed by atoms with Crippen molar-refractivity contribution in [3.05, 3.63) is 53.1 Å². The lowest BCUT2D eigenvalue weighted by Gasteiger charge is -2.06. The van der Waals surface area contributed by atoms with Crippen LogP contribution in [0.2, 0.25) is 5.02 Å². The maximum atomic E-state index is 6.24. The zero-order valence-corrected chi connectivity index (χ0v) is 9.25. The number of benzene rings is 2. The Kier molecular flexibility index (Phi) is 2.65. The van der Waals surface area contributed by atoms with E-state index in [1.54, 1.807) is 0 Å². The van der Waals surface area contributed by atoms with Gasteiger partial charge in [0.05, 0.1) is 5.02 Å². The Hall–Kier alpha value is -1.47. The van der Waals surface area contributed by atoms with Crippen molar-refractivity contribution in [1.82, 2.24) is 0 Å². The van der Waals surface area contributed by atoms with Crippen molar-refractivity contribution in [3.8, 4) is 11.1 Å². The summed E-state index contributed by atoms with van der Waals surface area (Å²) < 4.78 is 0. The molecule has 15 heavy (non-hydrogen) atoms. The Bertz CT molecular complexity index is 474. The predicted octanol–water partition coefficient (Wildman–Crippen LogP) is 3.90. The van der Waals surface area contributed by atoms with Crippen molar-refractivity contribution in [2.24, 2.45) is 0 Å². The first-order chi connectivity index (χ1) is 7.18. The summed E-state index contributed by atoms with van der Waals surface area (Å²) in [7, 11) is 0. The fraction of sp³-hybridized carbons (Fsp3) is 0.0769. The Labute approximate surface area is 94.5 Å². The van der Waals surface area contributed by atoms with Crippen molar-refractivity contribution in [3.63, 3.8) is 0 Å². The molecule has 0 fully saturated rings. The van der Waals surface area contributed by atoms with E-state index in [1.165, 1.54) is 0 Å². The third-order valence-electron chi connectivity index (χ3n) is 2.41. The Morgan fingerprint density at radius 2 is 1.67 bits per heavy atom. The smallest absolute Gasteiger partial charge is 0.0513 e. The number of aryl methyl sites for hydroxylation is 1. The number of nitrogens with two attached hydrogens (primary N) is 1. The molecule has 0 unspecified atom stereocenters. The van der Waals surface area contributed by atoms with Gasteiger partial charge in [0.25, 0.3) is 0 Å². The molecule has 0 aliphatic carbocycles. The highest BCUT2D eigenvalue weighted by molar-refractivity contribution is 6.34. The highest BCUT2D eigenvalue weighted by Gasteiger charge is 2.04. The number of hydrogen-bond acceptors (Lipinski definition) is 1. The number of nitrogen functional groups attached to an aromatic ring is 1. The molecule has 0 bridgehead atoms. The van der Waals surface area contributed by atoms with E-state index >= 15 is 0 Å². The van der Waals surface area contributed by atoms with E-state index in [0.29, 0.717) is 0 Å². The van der Waals surface area contributed by atoms with E-state index in [4.69, 9.17) is 17.3 Å². The van der Waals surface area contributed by atoms with E-state index in [0.717, 1.165) is 27.4 Å². The average Bonchev–Trinajstić information content (AvgIpc) is 2.24. The fourth-order valence-electron chi connectivity index (χ4n) is 1.53. The van der Waals surface area contributed by atoms with Gasteiger partial charge >= 0.3 is 0 Å². The molecule has 0 heterocycles. The molecule has 0 atom stereocenters. The maximum absolute atomic E-state index is 6.24. The molecule has 2 aromatic carbocycles. The predicted molar refractivity (Wildman–Crippen MR) is 66.0 cm³/mol. The number of hydrogen-bond donors (Lipinski definition) is 1. The van der Waals surface area contributed by atoms with Crippen molar-refractivity contribution in [2.45, 2.75) is 6.92 Å². The van der Waals surface area contributed by atoms with Crippen LogP contribution in [0.3, 0.4) is 0 Å². The van der Waals surface area contributed by atoms with E-state index in [-0.39, 0.29) is 0 Å². The van der Waals surface area contributed by atoms with Gasteiger partial charge in [-0.1, -0.05) is 41.9 Å². The quantitative estimate of drug-likeness (QED) is 0.721. The molecular weight excluding hydrogens is 206 g/mol. The van der Waals surface area contributed by atoms with Crippen LogP contribution in [-0.4, -0.2) is 0 Å². The minimum Gasteiger partial charge on any atom is -0.399 e. The number of anilines is 1. The topological polar surface area (TPSA) is 26.0 Å². The number of rotatable bonds is 1. The molecule has 0 saturated carbocycles. The molecule has 0 radical (unpaired) electrons. The molecule has 0 aliphatic heterocycles. The van der Waals surface area contributed by atoms with Gasteiger partial charge in [0.1, 0.15) is 0 Å². The summed E-state index contributed by atoms with van der Waals surface area (Å²) in [5.41, 5.74) is 9.64. The summed E-state index contributed by atoms with van der Waals surface area (Å²) in [5.74, 6) is 0. The minimum absolute atomic E-state index is 0.766. The van der Waals surface area contributed by atoms with Crippen LogP contribution >= 0.6 is 11.6 Å². The van der Waals surface area contributed by atoms with E-state index < -0.39 is 0 Å². The summed E-state index contributed by atoms with van der Waals surface area (Å²) in [5, 5.41) is 0.808. The fourth-order valence-corrected chi connectivity index (χ4v) is 1.77. The number of halogens is 1. The van der Waals surface area contributed by atoms with Crippen molar-refractivity contribution in [2.75, 3.05) is 5.73 Å². The van der Waals surface area contributed by atoms with Crippen LogP contribution in [0.25, 0.3) is 11.1 Å². The Balaban J connectivity index is 2.54. The van der Waals surface area contributed by atoms with Crippen LogP contribution in [0.15, 0.2) is 42.5 Å². The van der Waals surface area contributed by atoms with Crippen molar-refractivity contribution in [1.29, 1.82) is 0 Å². The first-order valence-corrected chi connectivity index (χ1v) is 5.17. The van der Waals surface area contributed by atoms with Gasteiger partial charge in [-0.2, -0.15) is 0 Å². The zero-order chi connectivity index (χ0) is 10.8. The molecule has 0 aromatic heterocycles. The average molecular weight is 218 g/mol. The lowest BCUT2D eigenvalue weighted by molar-refractivity contribution is 1.46. The largest absolute Gasteiger partial charge is 0.399 e. The molecule has 0 amide bonds. The van der Waals surface area contributed by atoms with Gasteiger partial charge in [-0.15, -0.1) is 0 Å². The molecule has 2 aromatic rings. The third kappa shape index (κ3) is 1.97. The summed E-state index contributed by atoms with van der Waals surface area (Å²) in [4.78, 5) is 0. The highest BCUT2D eigenvalue weighted by atomic mass is 35.5. The summed E-state index contributed by atoms with van der Waals surface area (Å²) in [6.07, 6.45) is 0. The lowest BCUT2D eigenvalue weighted by atomic mass is 10.0. The van der Waals surface area contributed by atoms with Crippen LogP contribution in [-0.2, 0) is 0 Å². The van der Waals surface area contributed by atoms with Gasteiger partial charge in [0.15, 0.2) is 0 Å².